The first-order valence-corrected chi connectivity index (χ1v) is 4.23. The van der Waals surface area contributed by atoms with E-state index < -0.39 is 63.1 Å². The predicted molar refractivity (Wildman–Crippen MR) is 68.6 cm³/mol. The van der Waals surface area contributed by atoms with Gasteiger partial charge in [-0.2, -0.15) is 0 Å². The van der Waals surface area contributed by atoms with Crippen molar-refractivity contribution in [2.45, 2.75) is 58.9 Å². The third-order valence-corrected chi connectivity index (χ3v) is 1.94. The van der Waals surface area contributed by atoms with E-state index in [0.29, 0.717) is 6.07 Å². The molecule has 1 aromatic carbocycles. The first-order chi connectivity index (χ1) is 14.1. The van der Waals surface area contributed by atoms with Gasteiger partial charge < -0.3 is 0 Å². The third-order valence-electron chi connectivity index (χ3n) is 1.94. The minimum absolute atomic E-state index is 0.119. The molecular formula is C15H24. The van der Waals surface area contributed by atoms with Gasteiger partial charge in [-0.15, -0.1) is 0 Å². The maximum absolute atomic E-state index is 7.83. The summed E-state index contributed by atoms with van der Waals surface area (Å²) >= 11 is 0. The van der Waals surface area contributed by atoms with Crippen LogP contribution in [0.15, 0.2) is 18.2 Å². The molecule has 0 aromatic heterocycles. The van der Waals surface area contributed by atoms with E-state index in [1.165, 1.54) is 6.92 Å². The highest BCUT2D eigenvalue weighted by atomic mass is 14.2. The minimum atomic E-state index is -3.71. The van der Waals surface area contributed by atoms with Crippen LogP contribution in [-0.2, 0) is 10.8 Å². The monoisotopic (exact) mass is 222 g/mol. The van der Waals surface area contributed by atoms with Crippen LogP contribution in [0.3, 0.4) is 0 Å². The van der Waals surface area contributed by atoms with Gasteiger partial charge in [0.1, 0.15) is 0 Å². The summed E-state index contributed by atoms with van der Waals surface area (Å²) in [7, 11) is 0. The maximum atomic E-state index is 7.83. The van der Waals surface area contributed by atoms with E-state index in [-0.39, 0.29) is 5.56 Å². The number of rotatable bonds is 0. The molecule has 0 fully saturated rings. The lowest BCUT2D eigenvalue weighted by atomic mass is 9.80. The number of aryl methyl sites for hydroxylation is 1. The van der Waals surface area contributed by atoms with Gasteiger partial charge in [0.2, 0.25) is 0 Å². The van der Waals surface area contributed by atoms with Crippen LogP contribution < -0.4 is 0 Å². The molecule has 0 nitrogen and oxygen atoms in total. The van der Waals surface area contributed by atoms with Gasteiger partial charge in [0, 0.05) is 24.7 Å². The van der Waals surface area contributed by atoms with Gasteiger partial charge in [-0.1, -0.05) is 64.9 Å². The number of benzene rings is 1. The Labute approximate surface area is 120 Å². The van der Waals surface area contributed by atoms with Gasteiger partial charge in [-0.3, -0.25) is 0 Å². The Bertz CT molecular complexity index is 713. The lowest BCUT2D eigenvalue weighted by Gasteiger charge is -2.25. The summed E-state index contributed by atoms with van der Waals surface area (Å²) in [6, 6.07) is 2.22. The second-order valence-electron chi connectivity index (χ2n) is 3.59. The minimum Gasteiger partial charge on any atom is -0.0561 e. The molecule has 0 aliphatic carbocycles. The van der Waals surface area contributed by atoms with Gasteiger partial charge in [0.25, 0.3) is 0 Å². The quantitative estimate of drug-likeness (QED) is 0.602. The zero-order chi connectivity index (χ0) is 26.9. The fourth-order valence-electron chi connectivity index (χ4n) is 1.22. The van der Waals surface area contributed by atoms with E-state index in [1.54, 1.807) is 0 Å². The summed E-state index contributed by atoms with van der Waals surface area (Å²) in [5.74, 6) is 0. The second-order valence-corrected chi connectivity index (χ2v) is 3.59. The molecule has 0 radical (unpaired) electrons. The van der Waals surface area contributed by atoms with Crippen LogP contribution in [0.1, 0.15) is 82.5 Å². The molecule has 0 heterocycles. The normalized spacial score (nSPS) is 35.8. The molecule has 0 aliphatic heterocycles. The van der Waals surface area contributed by atoms with Crippen molar-refractivity contribution in [2.24, 2.45) is 0 Å². The molecule has 0 spiro atoms. The fraction of sp³-hybridized carbons (Fsp3) is 0.600. The molecule has 0 bridgehead atoms. The van der Waals surface area contributed by atoms with Crippen LogP contribution in [0, 0.1) is 6.92 Å². The first-order valence-electron chi connectivity index (χ1n) is 13.2. The maximum Gasteiger partial charge on any atom is 0.0239 e. The van der Waals surface area contributed by atoms with E-state index in [4.69, 9.17) is 24.7 Å². The van der Waals surface area contributed by atoms with Crippen molar-refractivity contribution in [1.29, 1.82) is 0 Å². The Kier molecular flexibility index (Phi) is 0.584. The standard InChI is InChI=1S/C15H24/c1-11-8-12(14(2,3)4)10-13(9-11)15(5,6)7/h8-10H,1-7H3/i2D3,3D3,4D3,5D3,6D3,7D3. The Morgan fingerprint density at radius 3 is 1.53 bits per heavy atom. The average Bonchev–Trinajstić information content (AvgIpc) is 2.36. The van der Waals surface area contributed by atoms with Gasteiger partial charge in [-0.25, -0.2) is 0 Å². The van der Waals surface area contributed by atoms with E-state index in [0.717, 1.165) is 12.1 Å². The highest BCUT2D eigenvalue weighted by Crippen LogP contribution is 2.29. The highest BCUT2D eigenvalue weighted by molar-refractivity contribution is 5.36. The molecule has 0 unspecified atom stereocenters. The third kappa shape index (κ3) is 3.09. The lowest BCUT2D eigenvalue weighted by molar-refractivity contribution is 0.567. The van der Waals surface area contributed by atoms with Crippen molar-refractivity contribution in [3.8, 4) is 0 Å². The largest absolute Gasteiger partial charge is 0.0561 e. The van der Waals surface area contributed by atoms with E-state index in [9.17, 15) is 0 Å². The summed E-state index contributed by atoms with van der Waals surface area (Å²) in [5.41, 5.74) is -9.12. The lowest BCUT2D eigenvalue weighted by Crippen LogP contribution is -2.16. The van der Waals surface area contributed by atoms with Crippen LogP contribution in [0.25, 0.3) is 0 Å². The van der Waals surface area contributed by atoms with Gasteiger partial charge >= 0.3 is 0 Å². The Morgan fingerprint density at radius 1 is 0.800 bits per heavy atom. The molecule has 0 saturated carbocycles. The summed E-state index contributed by atoms with van der Waals surface area (Å²) in [4.78, 5) is 0. The Morgan fingerprint density at radius 2 is 1.20 bits per heavy atom. The molecule has 0 aliphatic rings. The molecule has 84 valence electrons. The van der Waals surface area contributed by atoms with E-state index in [2.05, 4.69) is 0 Å². The van der Waals surface area contributed by atoms with Crippen LogP contribution in [-0.4, -0.2) is 0 Å². The summed E-state index contributed by atoms with van der Waals surface area (Å²) in [6.07, 6.45) is 0. The van der Waals surface area contributed by atoms with Crippen molar-refractivity contribution in [2.75, 3.05) is 0 Å². The van der Waals surface area contributed by atoms with Crippen LogP contribution >= 0.6 is 0 Å². The second kappa shape index (κ2) is 3.66. The molecule has 1 rings (SSSR count). The SMILES string of the molecule is [2H]C([2H])([2H])C(c1cc(C)cc(C(C([2H])([2H])[2H])(C([2H])([2H])[2H])C([2H])([2H])[2H])c1)(C([2H])([2H])[2H])C([2H])([2H])[2H]. The predicted octanol–water partition coefficient (Wildman–Crippen LogP) is 4.59. The molecule has 0 atom stereocenters. The molecule has 15 heavy (non-hydrogen) atoms. The summed E-state index contributed by atoms with van der Waals surface area (Å²) in [6.45, 7) is -21.1. The molecule has 1 aromatic rings. The van der Waals surface area contributed by atoms with E-state index in [1.807, 2.05) is 0 Å². The first kappa shape index (κ1) is 2.39. The van der Waals surface area contributed by atoms with Crippen molar-refractivity contribution in [3.63, 3.8) is 0 Å². The van der Waals surface area contributed by atoms with Crippen molar-refractivity contribution in [1.82, 2.24) is 0 Å². The topological polar surface area (TPSA) is 0 Å². The average molecular weight is 222 g/mol. The zero-order valence-electron chi connectivity index (χ0n) is 26.2. The van der Waals surface area contributed by atoms with Crippen molar-refractivity contribution < 1.29 is 24.7 Å². The van der Waals surface area contributed by atoms with Crippen LogP contribution in [0.5, 0.6) is 0 Å². The zero-order valence-corrected chi connectivity index (χ0v) is 8.23. The van der Waals surface area contributed by atoms with Gasteiger partial charge in [0.05, 0.1) is 0 Å². The summed E-state index contributed by atoms with van der Waals surface area (Å²) in [5, 5.41) is 0. The Hall–Kier alpha value is -0.780. The molecular weight excluding hydrogens is 180 g/mol. The molecule has 0 amide bonds. The van der Waals surface area contributed by atoms with Crippen LogP contribution in [0.2, 0.25) is 0 Å². The molecule has 0 N–H and O–H groups in total. The number of hydrogen-bond acceptors (Lipinski definition) is 0. The molecule has 0 saturated heterocycles. The Balaban J connectivity index is 4.45. The highest BCUT2D eigenvalue weighted by Gasteiger charge is 2.19. The van der Waals surface area contributed by atoms with Crippen LogP contribution in [0.4, 0.5) is 0 Å². The summed E-state index contributed by atoms with van der Waals surface area (Å²) < 4.78 is 141. The number of hydrogen-bond donors (Lipinski definition) is 0. The fourth-order valence-corrected chi connectivity index (χ4v) is 1.22. The van der Waals surface area contributed by atoms with E-state index >= 15 is 0 Å². The van der Waals surface area contributed by atoms with Gasteiger partial charge in [0.15, 0.2) is 0 Å². The smallest absolute Gasteiger partial charge is 0.0239 e. The van der Waals surface area contributed by atoms with Crippen molar-refractivity contribution >= 4 is 0 Å². The van der Waals surface area contributed by atoms with Gasteiger partial charge in [-0.05, 0) is 28.9 Å². The van der Waals surface area contributed by atoms with Crippen molar-refractivity contribution in [3.05, 3.63) is 34.9 Å². The molecule has 0 heteroatoms.